The number of benzene rings is 1. The molecule has 0 radical (unpaired) electrons. The highest BCUT2D eigenvalue weighted by molar-refractivity contribution is 5.84. The van der Waals surface area contributed by atoms with Crippen molar-refractivity contribution in [3.63, 3.8) is 0 Å². The fraction of sp³-hybridized carbons (Fsp3) is 0.500. The van der Waals surface area contributed by atoms with Crippen molar-refractivity contribution in [3.8, 4) is 0 Å². The molecule has 1 amide bonds. The van der Waals surface area contributed by atoms with Gasteiger partial charge in [-0.1, -0.05) is 50.1 Å². The normalized spacial score (nSPS) is 25.1. The lowest BCUT2D eigenvalue weighted by Crippen LogP contribution is -2.56. The summed E-state index contributed by atoms with van der Waals surface area (Å²) in [4.78, 5) is 23.5. The quantitative estimate of drug-likeness (QED) is 0.894. The first-order chi connectivity index (χ1) is 10.0. The van der Waals surface area contributed by atoms with Crippen LogP contribution < -0.4 is 5.32 Å². The van der Waals surface area contributed by atoms with Crippen LogP contribution in [0.5, 0.6) is 0 Å². The summed E-state index contributed by atoms with van der Waals surface area (Å²) in [6.45, 7) is 2.14. The Bertz CT molecular complexity index is 502. The second kappa shape index (κ2) is 6.61. The van der Waals surface area contributed by atoms with E-state index >= 15 is 0 Å². The van der Waals surface area contributed by atoms with E-state index in [4.69, 9.17) is 4.74 Å². The lowest BCUT2D eigenvalue weighted by molar-refractivity contribution is -0.146. The van der Waals surface area contributed by atoms with E-state index < -0.39 is 17.6 Å². The first kappa shape index (κ1) is 15.4. The Hall–Kier alpha value is -2.04. The molecule has 1 aliphatic carbocycles. The Morgan fingerprint density at radius 1 is 1.38 bits per heavy atom. The summed E-state index contributed by atoms with van der Waals surface area (Å²) < 4.78 is 5.13. The Balaban J connectivity index is 1.94. The summed E-state index contributed by atoms with van der Waals surface area (Å²) in [6.07, 6.45) is 2.02. The van der Waals surface area contributed by atoms with Gasteiger partial charge in [-0.25, -0.2) is 9.59 Å². The molecule has 0 unspecified atom stereocenters. The topological polar surface area (TPSA) is 75.6 Å². The molecule has 2 atom stereocenters. The van der Waals surface area contributed by atoms with Crippen molar-refractivity contribution in [1.82, 2.24) is 5.32 Å². The molecule has 0 heterocycles. The molecule has 5 heteroatoms. The molecule has 21 heavy (non-hydrogen) atoms. The van der Waals surface area contributed by atoms with Crippen LogP contribution in [0.15, 0.2) is 30.3 Å². The maximum Gasteiger partial charge on any atom is 0.408 e. The van der Waals surface area contributed by atoms with Crippen molar-refractivity contribution >= 4 is 12.1 Å². The van der Waals surface area contributed by atoms with Crippen LogP contribution in [-0.2, 0) is 16.1 Å². The third kappa shape index (κ3) is 3.97. The molecular weight excluding hydrogens is 270 g/mol. The van der Waals surface area contributed by atoms with Gasteiger partial charge in [0.2, 0.25) is 0 Å². The van der Waals surface area contributed by atoms with E-state index in [2.05, 4.69) is 5.32 Å². The van der Waals surface area contributed by atoms with E-state index in [0.29, 0.717) is 12.8 Å². The number of hydrogen-bond donors (Lipinski definition) is 2. The Labute approximate surface area is 124 Å². The molecule has 2 rings (SSSR count). The Kier molecular flexibility index (Phi) is 4.83. The SMILES string of the molecule is C[C@@H]1CCC[C@](NC(=O)OCc2ccccc2)(C(=O)O)C1. The van der Waals surface area contributed by atoms with Gasteiger partial charge in [0, 0.05) is 0 Å². The predicted molar refractivity (Wildman–Crippen MR) is 77.8 cm³/mol. The monoisotopic (exact) mass is 291 g/mol. The highest BCUT2D eigenvalue weighted by Gasteiger charge is 2.43. The number of hydrogen-bond acceptors (Lipinski definition) is 3. The van der Waals surface area contributed by atoms with E-state index in [0.717, 1.165) is 18.4 Å². The lowest BCUT2D eigenvalue weighted by Gasteiger charge is -2.36. The van der Waals surface area contributed by atoms with Crippen molar-refractivity contribution in [2.45, 2.75) is 44.8 Å². The number of rotatable bonds is 4. The van der Waals surface area contributed by atoms with Crippen molar-refractivity contribution in [3.05, 3.63) is 35.9 Å². The van der Waals surface area contributed by atoms with E-state index in [1.54, 1.807) is 0 Å². The predicted octanol–water partition coefficient (Wildman–Crippen LogP) is 2.95. The van der Waals surface area contributed by atoms with Crippen molar-refractivity contribution < 1.29 is 19.4 Å². The van der Waals surface area contributed by atoms with E-state index in [-0.39, 0.29) is 12.5 Å². The zero-order chi connectivity index (χ0) is 15.3. The molecule has 0 bridgehead atoms. The smallest absolute Gasteiger partial charge is 0.408 e. The van der Waals surface area contributed by atoms with Gasteiger partial charge in [-0.15, -0.1) is 0 Å². The number of aliphatic carboxylic acids is 1. The molecule has 1 saturated carbocycles. The first-order valence-corrected chi connectivity index (χ1v) is 7.24. The molecule has 114 valence electrons. The van der Waals surface area contributed by atoms with Crippen LogP contribution in [-0.4, -0.2) is 22.7 Å². The zero-order valence-electron chi connectivity index (χ0n) is 12.2. The standard InChI is InChI=1S/C16H21NO4/c1-12-6-5-9-16(10-12,14(18)19)17-15(20)21-11-13-7-3-2-4-8-13/h2-4,7-8,12H,5-6,9-11H2,1H3,(H,17,20)(H,18,19)/t12-,16-/m1/s1. The average Bonchev–Trinajstić information content (AvgIpc) is 2.46. The lowest BCUT2D eigenvalue weighted by atomic mass is 9.76. The van der Waals surface area contributed by atoms with Crippen LogP contribution in [0.2, 0.25) is 0 Å². The third-order valence-corrected chi connectivity index (χ3v) is 3.96. The third-order valence-electron chi connectivity index (χ3n) is 3.96. The molecule has 5 nitrogen and oxygen atoms in total. The molecule has 1 fully saturated rings. The second-order valence-electron chi connectivity index (χ2n) is 5.78. The van der Waals surface area contributed by atoms with E-state index in [9.17, 15) is 14.7 Å². The number of nitrogens with one attached hydrogen (secondary N) is 1. The molecule has 1 aromatic carbocycles. The highest BCUT2D eigenvalue weighted by atomic mass is 16.5. The number of carbonyl (C=O) groups is 2. The summed E-state index contributed by atoms with van der Waals surface area (Å²) in [5, 5.41) is 12.0. The minimum absolute atomic E-state index is 0.137. The van der Waals surface area contributed by atoms with Crippen LogP contribution in [0.4, 0.5) is 4.79 Å². The fourth-order valence-corrected chi connectivity index (χ4v) is 2.87. The average molecular weight is 291 g/mol. The molecule has 1 aromatic rings. The number of ether oxygens (including phenoxy) is 1. The van der Waals surface area contributed by atoms with E-state index in [1.807, 2.05) is 37.3 Å². The van der Waals surface area contributed by atoms with Gasteiger partial charge < -0.3 is 15.2 Å². The van der Waals surface area contributed by atoms with Crippen molar-refractivity contribution in [2.24, 2.45) is 5.92 Å². The van der Waals surface area contributed by atoms with Crippen molar-refractivity contribution in [1.29, 1.82) is 0 Å². The van der Waals surface area contributed by atoms with Gasteiger partial charge in [0.1, 0.15) is 12.1 Å². The maximum atomic E-state index is 11.9. The summed E-state index contributed by atoms with van der Waals surface area (Å²) >= 11 is 0. The minimum Gasteiger partial charge on any atom is -0.480 e. The Morgan fingerprint density at radius 2 is 2.10 bits per heavy atom. The number of amides is 1. The molecular formula is C16H21NO4. The van der Waals surface area contributed by atoms with Crippen molar-refractivity contribution in [2.75, 3.05) is 0 Å². The van der Waals surface area contributed by atoms with Crippen LogP contribution in [0.1, 0.15) is 38.2 Å². The summed E-state index contributed by atoms with van der Waals surface area (Å²) in [5.41, 5.74) is -0.320. The summed E-state index contributed by atoms with van der Waals surface area (Å²) in [5.74, 6) is -0.699. The molecule has 0 saturated heterocycles. The fourth-order valence-electron chi connectivity index (χ4n) is 2.87. The number of alkyl carbamates (subject to hydrolysis) is 1. The van der Waals surface area contributed by atoms with E-state index in [1.165, 1.54) is 0 Å². The van der Waals surface area contributed by atoms with Gasteiger partial charge in [-0.05, 0) is 24.3 Å². The van der Waals surface area contributed by atoms with Gasteiger partial charge in [-0.2, -0.15) is 0 Å². The van der Waals surface area contributed by atoms with Gasteiger partial charge in [0.25, 0.3) is 0 Å². The number of carboxylic acid groups (broad SMARTS) is 1. The first-order valence-electron chi connectivity index (χ1n) is 7.24. The zero-order valence-corrected chi connectivity index (χ0v) is 12.2. The summed E-state index contributed by atoms with van der Waals surface area (Å²) in [7, 11) is 0. The molecule has 0 aromatic heterocycles. The number of carboxylic acids is 1. The maximum absolute atomic E-state index is 11.9. The molecule has 1 aliphatic rings. The Morgan fingerprint density at radius 3 is 2.71 bits per heavy atom. The highest BCUT2D eigenvalue weighted by Crippen LogP contribution is 2.32. The second-order valence-corrected chi connectivity index (χ2v) is 5.78. The molecule has 0 spiro atoms. The van der Waals surface area contributed by atoms with Crippen LogP contribution in [0.25, 0.3) is 0 Å². The van der Waals surface area contributed by atoms with Crippen LogP contribution in [0.3, 0.4) is 0 Å². The van der Waals surface area contributed by atoms with Crippen LogP contribution in [0, 0.1) is 5.92 Å². The largest absolute Gasteiger partial charge is 0.480 e. The van der Waals surface area contributed by atoms with Gasteiger partial charge in [0.15, 0.2) is 0 Å². The number of carbonyl (C=O) groups excluding carboxylic acids is 1. The molecule has 0 aliphatic heterocycles. The summed E-state index contributed by atoms with van der Waals surface area (Å²) in [6, 6.07) is 9.30. The van der Waals surface area contributed by atoms with Crippen LogP contribution >= 0.6 is 0 Å². The minimum atomic E-state index is -1.19. The van der Waals surface area contributed by atoms with Gasteiger partial charge in [-0.3, -0.25) is 0 Å². The molecule has 2 N–H and O–H groups in total. The van der Waals surface area contributed by atoms with Gasteiger partial charge in [0.05, 0.1) is 0 Å². The van der Waals surface area contributed by atoms with Gasteiger partial charge >= 0.3 is 12.1 Å².